The van der Waals surface area contributed by atoms with Gasteiger partial charge in [-0.25, -0.2) is 4.39 Å². The number of rotatable bonds is 4. The molecule has 2 N–H and O–H groups in total. The molecular formula is C15H17FN2O2. The number of carbonyl (C=O) groups is 1. The number of nitrogens with zero attached hydrogens (tertiary/aromatic N) is 1. The van der Waals surface area contributed by atoms with Crippen molar-refractivity contribution in [3.8, 4) is 6.07 Å². The maximum Gasteiger partial charge on any atom is 0.306 e. The van der Waals surface area contributed by atoms with Crippen molar-refractivity contribution in [2.75, 3.05) is 0 Å². The van der Waals surface area contributed by atoms with E-state index in [0.29, 0.717) is 24.9 Å². The number of nitriles is 1. The van der Waals surface area contributed by atoms with Gasteiger partial charge in [-0.15, -0.1) is 0 Å². The highest BCUT2D eigenvalue weighted by atomic mass is 19.1. The first-order valence-corrected chi connectivity index (χ1v) is 6.75. The summed E-state index contributed by atoms with van der Waals surface area (Å²) in [6.07, 6.45) is 2.90. The van der Waals surface area contributed by atoms with Crippen LogP contribution in [0.2, 0.25) is 0 Å². The molecule has 2 rings (SSSR count). The third kappa shape index (κ3) is 3.34. The Morgan fingerprint density at radius 1 is 1.40 bits per heavy atom. The zero-order valence-electron chi connectivity index (χ0n) is 11.1. The molecular weight excluding hydrogens is 259 g/mol. The second-order valence-corrected chi connectivity index (χ2v) is 5.16. The lowest BCUT2D eigenvalue weighted by Crippen LogP contribution is -2.34. The SMILES string of the molecule is N#Cc1cccc(CNC2CCC(C(=O)O)CC2)c1F. The van der Waals surface area contributed by atoms with E-state index in [1.165, 1.54) is 6.07 Å². The van der Waals surface area contributed by atoms with Crippen molar-refractivity contribution >= 4 is 5.97 Å². The number of carboxylic acids is 1. The number of halogens is 1. The van der Waals surface area contributed by atoms with Crippen molar-refractivity contribution in [3.63, 3.8) is 0 Å². The summed E-state index contributed by atoms with van der Waals surface area (Å²) in [4.78, 5) is 10.9. The van der Waals surface area contributed by atoms with Gasteiger partial charge in [0.1, 0.15) is 11.9 Å². The van der Waals surface area contributed by atoms with Crippen LogP contribution in [0.25, 0.3) is 0 Å². The van der Waals surface area contributed by atoms with Gasteiger partial charge in [0.2, 0.25) is 0 Å². The Morgan fingerprint density at radius 3 is 2.70 bits per heavy atom. The molecule has 0 unspecified atom stereocenters. The summed E-state index contributed by atoms with van der Waals surface area (Å²) >= 11 is 0. The zero-order valence-corrected chi connectivity index (χ0v) is 11.1. The molecule has 1 aliphatic rings. The van der Waals surface area contributed by atoms with Gasteiger partial charge in [-0.1, -0.05) is 12.1 Å². The highest BCUT2D eigenvalue weighted by molar-refractivity contribution is 5.70. The van der Waals surface area contributed by atoms with Crippen LogP contribution >= 0.6 is 0 Å². The second kappa shape index (κ2) is 6.49. The third-order valence-corrected chi connectivity index (χ3v) is 3.86. The molecule has 0 amide bonds. The molecule has 106 valence electrons. The fourth-order valence-corrected chi connectivity index (χ4v) is 2.60. The Balaban J connectivity index is 1.88. The molecule has 0 spiro atoms. The highest BCUT2D eigenvalue weighted by Crippen LogP contribution is 2.24. The molecule has 4 nitrogen and oxygen atoms in total. The van der Waals surface area contributed by atoms with Crippen molar-refractivity contribution in [1.82, 2.24) is 5.32 Å². The first-order chi connectivity index (χ1) is 9.61. The topological polar surface area (TPSA) is 73.1 Å². The second-order valence-electron chi connectivity index (χ2n) is 5.16. The molecule has 0 radical (unpaired) electrons. The Morgan fingerprint density at radius 2 is 2.10 bits per heavy atom. The van der Waals surface area contributed by atoms with Crippen molar-refractivity contribution < 1.29 is 14.3 Å². The third-order valence-electron chi connectivity index (χ3n) is 3.86. The van der Waals surface area contributed by atoms with E-state index < -0.39 is 11.8 Å². The smallest absolute Gasteiger partial charge is 0.306 e. The minimum Gasteiger partial charge on any atom is -0.481 e. The summed E-state index contributed by atoms with van der Waals surface area (Å²) in [6, 6.07) is 6.82. The molecule has 0 bridgehead atoms. The van der Waals surface area contributed by atoms with Crippen molar-refractivity contribution in [2.24, 2.45) is 5.92 Å². The molecule has 1 saturated carbocycles. The van der Waals surface area contributed by atoms with Gasteiger partial charge in [0.05, 0.1) is 11.5 Å². The van der Waals surface area contributed by atoms with Crippen LogP contribution in [-0.2, 0) is 11.3 Å². The van der Waals surface area contributed by atoms with Crippen LogP contribution < -0.4 is 5.32 Å². The van der Waals surface area contributed by atoms with Gasteiger partial charge < -0.3 is 10.4 Å². The van der Waals surface area contributed by atoms with Crippen molar-refractivity contribution in [1.29, 1.82) is 5.26 Å². The fraction of sp³-hybridized carbons (Fsp3) is 0.467. The molecule has 5 heteroatoms. The number of nitrogens with one attached hydrogen (secondary N) is 1. The first kappa shape index (κ1) is 14.5. The molecule has 20 heavy (non-hydrogen) atoms. The van der Waals surface area contributed by atoms with Crippen LogP contribution in [-0.4, -0.2) is 17.1 Å². The van der Waals surface area contributed by atoms with E-state index in [1.54, 1.807) is 12.1 Å². The number of benzene rings is 1. The predicted octanol–water partition coefficient (Wildman–Crippen LogP) is 2.43. The van der Waals surface area contributed by atoms with E-state index >= 15 is 0 Å². The summed E-state index contributed by atoms with van der Waals surface area (Å²) in [7, 11) is 0. The number of aliphatic carboxylic acids is 1. The fourth-order valence-electron chi connectivity index (χ4n) is 2.60. The Hall–Kier alpha value is -1.93. The summed E-state index contributed by atoms with van der Waals surface area (Å²) in [5, 5.41) is 20.9. The van der Waals surface area contributed by atoms with E-state index in [0.717, 1.165) is 12.8 Å². The number of hydrogen-bond donors (Lipinski definition) is 2. The minimum absolute atomic E-state index is 0.0545. The van der Waals surface area contributed by atoms with E-state index in [1.807, 2.05) is 6.07 Å². The molecule has 0 atom stereocenters. The highest BCUT2D eigenvalue weighted by Gasteiger charge is 2.25. The van der Waals surface area contributed by atoms with Gasteiger partial charge in [-0.05, 0) is 31.7 Å². The minimum atomic E-state index is -0.726. The van der Waals surface area contributed by atoms with Gasteiger partial charge in [0.15, 0.2) is 0 Å². The van der Waals surface area contributed by atoms with Gasteiger partial charge in [-0.3, -0.25) is 4.79 Å². The van der Waals surface area contributed by atoms with Crippen LogP contribution in [0.1, 0.15) is 36.8 Å². The Kier molecular flexibility index (Phi) is 4.70. The molecule has 0 saturated heterocycles. The van der Waals surface area contributed by atoms with Gasteiger partial charge in [0, 0.05) is 18.2 Å². The molecule has 0 aliphatic heterocycles. The van der Waals surface area contributed by atoms with Crippen LogP contribution in [0.4, 0.5) is 4.39 Å². The average molecular weight is 276 g/mol. The largest absolute Gasteiger partial charge is 0.481 e. The maximum atomic E-state index is 13.9. The molecule has 1 fully saturated rings. The monoisotopic (exact) mass is 276 g/mol. The molecule has 1 aromatic rings. The van der Waals surface area contributed by atoms with E-state index in [-0.39, 0.29) is 17.5 Å². The lowest BCUT2D eigenvalue weighted by atomic mass is 9.86. The normalized spacial score (nSPS) is 22.2. The van der Waals surface area contributed by atoms with Crippen LogP contribution in [0, 0.1) is 23.1 Å². The molecule has 1 aromatic carbocycles. The number of carboxylic acid groups (broad SMARTS) is 1. The van der Waals surface area contributed by atoms with Crippen molar-refractivity contribution in [2.45, 2.75) is 38.3 Å². The van der Waals surface area contributed by atoms with E-state index in [2.05, 4.69) is 5.32 Å². The van der Waals surface area contributed by atoms with Gasteiger partial charge in [-0.2, -0.15) is 5.26 Å². The molecule has 0 aromatic heterocycles. The van der Waals surface area contributed by atoms with Crippen molar-refractivity contribution in [3.05, 3.63) is 35.1 Å². The zero-order chi connectivity index (χ0) is 14.5. The van der Waals surface area contributed by atoms with Crippen LogP contribution in [0.3, 0.4) is 0 Å². The number of hydrogen-bond acceptors (Lipinski definition) is 3. The molecule has 0 heterocycles. The van der Waals surface area contributed by atoms with Gasteiger partial charge in [0.25, 0.3) is 0 Å². The average Bonchev–Trinajstić information content (AvgIpc) is 2.46. The summed E-state index contributed by atoms with van der Waals surface area (Å²) in [6.45, 7) is 0.365. The van der Waals surface area contributed by atoms with Crippen LogP contribution in [0.5, 0.6) is 0 Å². The predicted molar refractivity (Wildman–Crippen MR) is 71.3 cm³/mol. The van der Waals surface area contributed by atoms with Gasteiger partial charge >= 0.3 is 5.97 Å². The lowest BCUT2D eigenvalue weighted by molar-refractivity contribution is -0.142. The first-order valence-electron chi connectivity index (χ1n) is 6.75. The standard InChI is InChI=1S/C15H17FN2O2/c16-14-11(8-17)2-1-3-12(14)9-18-13-6-4-10(5-7-13)15(19)20/h1-3,10,13,18H,4-7,9H2,(H,19,20). The van der Waals surface area contributed by atoms with Crippen LogP contribution in [0.15, 0.2) is 18.2 Å². The quantitative estimate of drug-likeness (QED) is 0.885. The molecule has 1 aliphatic carbocycles. The Bertz CT molecular complexity index is 531. The summed E-state index contributed by atoms with van der Waals surface area (Å²) in [5.41, 5.74) is 0.531. The Labute approximate surface area is 117 Å². The maximum absolute atomic E-state index is 13.9. The lowest BCUT2D eigenvalue weighted by Gasteiger charge is -2.27. The summed E-state index contributed by atoms with van der Waals surface area (Å²) in [5.74, 6) is -1.44. The van der Waals surface area contributed by atoms with E-state index in [4.69, 9.17) is 10.4 Å². The summed E-state index contributed by atoms with van der Waals surface area (Å²) < 4.78 is 13.9. The van der Waals surface area contributed by atoms with E-state index in [9.17, 15) is 9.18 Å².